The highest BCUT2D eigenvalue weighted by atomic mass is 32.1. The smallest absolute Gasteiger partial charge is 0.147 e. The first-order chi connectivity index (χ1) is 18.3. The second-order valence-corrected chi connectivity index (χ2v) is 15.1. The Labute approximate surface area is 233 Å². The third-order valence-electron chi connectivity index (χ3n) is 12.5. The van der Waals surface area contributed by atoms with Crippen LogP contribution in [0.15, 0.2) is 30.3 Å². The van der Waals surface area contributed by atoms with Crippen molar-refractivity contribution in [2.24, 2.45) is 52.3 Å². The van der Waals surface area contributed by atoms with E-state index in [1.807, 2.05) is 6.07 Å². The monoisotopic (exact) mass is 536 g/mol. The van der Waals surface area contributed by atoms with E-state index in [0.717, 1.165) is 53.6 Å². The lowest BCUT2D eigenvalue weighted by atomic mass is 9.41. The van der Waals surface area contributed by atoms with Gasteiger partial charge >= 0.3 is 0 Å². The van der Waals surface area contributed by atoms with Gasteiger partial charge in [-0.3, -0.25) is 0 Å². The van der Waals surface area contributed by atoms with Crippen LogP contribution in [0.2, 0.25) is 0 Å². The summed E-state index contributed by atoms with van der Waals surface area (Å²) in [6, 6.07) is 10.4. The molecule has 1 aromatic carbocycles. The summed E-state index contributed by atoms with van der Waals surface area (Å²) in [6.45, 7) is 9.88. The predicted molar refractivity (Wildman–Crippen MR) is 155 cm³/mol. The lowest BCUT2D eigenvalue weighted by Gasteiger charge is -2.64. The second-order valence-electron chi connectivity index (χ2n) is 14.0. The molecule has 208 valence electrons. The number of nitrogens with zero attached hydrogens (tertiary/aromatic N) is 2. The van der Waals surface area contributed by atoms with Gasteiger partial charge in [0.15, 0.2) is 0 Å². The second kappa shape index (κ2) is 10.3. The third-order valence-corrected chi connectivity index (χ3v) is 13.5. The van der Waals surface area contributed by atoms with E-state index < -0.39 is 0 Å². The van der Waals surface area contributed by atoms with E-state index in [1.165, 1.54) is 32.1 Å². The Morgan fingerprint density at radius 3 is 2.45 bits per heavy atom. The van der Waals surface area contributed by atoms with E-state index in [0.29, 0.717) is 40.9 Å². The minimum atomic E-state index is -0.204. The van der Waals surface area contributed by atoms with Crippen LogP contribution >= 0.6 is 11.3 Å². The highest BCUT2D eigenvalue weighted by Crippen LogP contribution is 2.69. The van der Waals surface area contributed by atoms with Gasteiger partial charge in [0.05, 0.1) is 12.2 Å². The number of aliphatic hydroxyl groups excluding tert-OH is 2. The van der Waals surface area contributed by atoms with Gasteiger partial charge in [0.25, 0.3) is 0 Å². The Hall–Kier alpha value is -1.30. The van der Waals surface area contributed by atoms with Gasteiger partial charge in [-0.05, 0) is 104 Å². The molecule has 0 radical (unpaired) electrons. The van der Waals surface area contributed by atoms with Crippen molar-refractivity contribution in [3.63, 3.8) is 0 Å². The molecule has 2 aromatic rings. The molecule has 0 bridgehead atoms. The van der Waals surface area contributed by atoms with E-state index in [2.05, 4.69) is 62.2 Å². The van der Waals surface area contributed by atoms with Crippen LogP contribution in [0.5, 0.6) is 0 Å². The average Bonchev–Trinajstić information content (AvgIpc) is 3.53. The number of hydrogen-bond donors (Lipinski definition) is 2. The Morgan fingerprint density at radius 2 is 1.68 bits per heavy atom. The first-order valence-electron chi connectivity index (χ1n) is 15.5. The molecule has 6 rings (SSSR count). The predicted octanol–water partition coefficient (Wildman–Crippen LogP) is 7.40. The van der Waals surface area contributed by atoms with Crippen LogP contribution in [-0.2, 0) is 6.42 Å². The number of aryl methyl sites for hydroxylation is 1. The number of benzene rings is 1. The van der Waals surface area contributed by atoms with Crippen molar-refractivity contribution in [3.05, 3.63) is 35.3 Å². The minimum absolute atomic E-state index is 0.173. The SMILES string of the molecule is CC[C@H]1[C@@H](O)[C@H]2C3CC[C@H]([C@H](C)CCc4nnc(-c5ccccc5)s4)[C@@]3(C)CC[C@@H]2[C@@]2(C)CC[C@@H](O)C[C@@H]12. The van der Waals surface area contributed by atoms with Gasteiger partial charge in [0.2, 0.25) is 0 Å². The average molecular weight is 537 g/mol. The van der Waals surface area contributed by atoms with Gasteiger partial charge in [-0.15, -0.1) is 10.2 Å². The van der Waals surface area contributed by atoms with Crippen LogP contribution in [-0.4, -0.2) is 32.6 Å². The zero-order valence-electron chi connectivity index (χ0n) is 23.9. The van der Waals surface area contributed by atoms with E-state index in [1.54, 1.807) is 11.3 Å². The highest BCUT2D eigenvalue weighted by Gasteiger charge is 2.64. The quantitative estimate of drug-likeness (QED) is 0.404. The van der Waals surface area contributed by atoms with Gasteiger partial charge in [-0.1, -0.05) is 75.8 Å². The fourth-order valence-corrected chi connectivity index (χ4v) is 11.4. The minimum Gasteiger partial charge on any atom is -0.393 e. The maximum absolute atomic E-state index is 11.9. The van der Waals surface area contributed by atoms with Crippen LogP contribution in [0, 0.1) is 52.3 Å². The molecule has 5 heteroatoms. The van der Waals surface area contributed by atoms with E-state index in [-0.39, 0.29) is 17.6 Å². The molecular weight excluding hydrogens is 488 g/mol. The molecule has 4 aliphatic carbocycles. The van der Waals surface area contributed by atoms with Crippen LogP contribution in [0.3, 0.4) is 0 Å². The Kier molecular flexibility index (Phi) is 7.27. The third kappa shape index (κ3) is 4.30. The Morgan fingerprint density at radius 1 is 0.947 bits per heavy atom. The summed E-state index contributed by atoms with van der Waals surface area (Å²) in [5.74, 6) is 3.87. The van der Waals surface area contributed by atoms with Crippen LogP contribution in [0.4, 0.5) is 0 Å². The number of aliphatic hydroxyl groups is 2. The van der Waals surface area contributed by atoms with Crippen molar-refractivity contribution in [2.75, 3.05) is 0 Å². The van der Waals surface area contributed by atoms with Crippen molar-refractivity contribution in [1.82, 2.24) is 10.2 Å². The summed E-state index contributed by atoms with van der Waals surface area (Å²) in [5, 5.41) is 33.7. The lowest BCUT2D eigenvalue weighted by molar-refractivity contribution is -0.203. The summed E-state index contributed by atoms with van der Waals surface area (Å²) in [7, 11) is 0. The van der Waals surface area contributed by atoms with Crippen molar-refractivity contribution >= 4 is 11.3 Å². The molecule has 11 atom stereocenters. The molecule has 1 unspecified atom stereocenters. The van der Waals surface area contributed by atoms with Crippen molar-refractivity contribution < 1.29 is 10.2 Å². The molecule has 4 fully saturated rings. The molecule has 1 heterocycles. The molecule has 38 heavy (non-hydrogen) atoms. The molecule has 4 saturated carbocycles. The Balaban J connectivity index is 1.17. The maximum atomic E-state index is 11.9. The summed E-state index contributed by atoms with van der Waals surface area (Å²) in [5.41, 5.74) is 1.77. The molecule has 0 saturated heterocycles. The first kappa shape index (κ1) is 26.9. The molecule has 2 N–H and O–H groups in total. The lowest BCUT2D eigenvalue weighted by Crippen LogP contribution is -2.62. The van der Waals surface area contributed by atoms with Crippen molar-refractivity contribution in [1.29, 1.82) is 0 Å². The molecule has 0 aliphatic heterocycles. The van der Waals surface area contributed by atoms with E-state index in [4.69, 9.17) is 0 Å². The standard InChI is InChI=1S/C33H48N2O2S/c1-5-23-27-19-22(36)15-17-33(27,4)26-16-18-32(3)24(12-13-25(32)29(26)30(23)37)20(2)11-14-28-34-35-31(38-28)21-9-7-6-8-10-21/h6-10,20,22-27,29-30,36-37H,5,11-19H2,1-4H3/t20-,22-,23-,24-,25?,26+,27+,29+,30-,32-,33-/m1/s1. The van der Waals surface area contributed by atoms with Crippen LogP contribution < -0.4 is 0 Å². The van der Waals surface area contributed by atoms with Crippen molar-refractivity contribution in [2.45, 2.75) is 104 Å². The fraction of sp³-hybridized carbons (Fsp3) is 0.758. The highest BCUT2D eigenvalue weighted by molar-refractivity contribution is 7.14. The number of aromatic nitrogens is 2. The number of rotatable bonds is 6. The molecule has 0 amide bonds. The molecule has 1 aromatic heterocycles. The zero-order valence-corrected chi connectivity index (χ0v) is 24.7. The maximum Gasteiger partial charge on any atom is 0.147 e. The van der Waals surface area contributed by atoms with E-state index >= 15 is 0 Å². The van der Waals surface area contributed by atoms with Gasteiger partial charge in [-0.25, -0.2) is 0 Å². The topological polar surface area (TPSA) is 66.2 Å². The number of hydrogen-bond acceptors (Lipinski definition) is 5. The van der Waals surface area contributed by atoms with Crippen LogP contribution in [0.25, 0.3) is 10.6 Å². The Bertz CT molecular complexity index is 1110. The zero-order chi connectivity index (χ0) is 26.7. The first-order valence-corrected chi connectivity index (χ1v) is 16.3. The summed E-state index contributed by atoms with van der Waals surface area (Å²) >= 11 is 1.75. The molecular formula is C33H48N2O2S. The number of fused-ring (bicyclic) bond motifs is 5. The normalized spacial score (nSPS) is 43.2. The van der Waals surface area contributed by atoms with Gasteiger partial charge in [0.1, 0.15) is 10.0 Å². The molecule has 4 aliphatic rings. The molecule has 4 nitrogen and oxygen atoms in total. The van der Waals surface area contributed by atoms with Gasteiger partial charge < -0.3 is 10.2 Å². The summed E-state index contributed by atoms with van der Waals surface area (Å²) in [6.07, 6.45) is 11.0. The van der Waals surface area contributed by atoms with Gasteiger partial charge in [0, 0.05) is 12.0 Å². The van der Waals surface area contributed by atoms with E-state index in [9.17, 15) is 10.2 Å². The summed E-state index contributed by atoms with van der Waals surface area (Å²) in [4.78, 5) is 0. The molecule has 0 spiro atoms. The summed E-state index contributed by atoms with van der Waals surface area (Å²) < 4.78 is 0. The fourth-order valence-electron chi connectivity index (χ4n) is 10.5. The largest absolute Gasteiger partial charge is 0.393 e. The van der Waals surface area contributed by atoms with Gasteiger partial charge in [-0.2, -0.15) is 0 Å². The van der Waals surface area contributed by atoms with Crippen LogP contribution in [0.1, 0.15) is 90.5 Å². The van der Waals surface area contributed by atoms with Crippen molar-refractivity contribution in [3.8, 4) is 10.6 Å².